The molecule has 1 aromatic rings. The summed E-state index contributed by atoms with van der Waals surface area (Å²) in [6, 6.07) is 0. The lowest BCUT2D eigenvalue weighted by atomic mass is 9.88. The number of thiazole rings is 1. The van der Waals surface area contributed by atoms with Gasteiger partial charge in [-0.25, -0.2) is 4.98 Å². The van der Waals surface area contributed by atoms with Gasteiger partial charge in [-0.05, 0) is 18.4 Å². The van der Waals surface area contributed by atoms with Crippen LogP contribution in [0.2, 0.25) is 0 Å². The fraction of sp³-hybridized carbons (Fsp3) is 0.625. The molecule has 0 atom stereocenters. The van der Waals surface area contributed by atoms with Crippen molar-refractivity contribution in [3.8, 4) is 0 Å². The Balaban J connectivity index is 2.56. The Morgan fingerprint density at radius 3 is 2.82 bits per heavy atom. The molecule has 0 aliphatic heterocycles. The predicted octanol–water partition coefficient (Wildman–Crippen LogP) is 1.67. The molecule has 0 aromatic carbocycles. The van der Waals surface area contributed by atoms with Crippen molar-refractivity contribution in [2.24, 2.45) is 11.1 Å². The van der Waals surface area contributed by atoms with Crippen molar-refractivity contribution in [1.29, 1.82) is 0 Å². The largest absolute Gasteiger partial charge is 0.330 e. The van der Waals surface area contributed by atoms with Crippen molar-refractivity contribution in [2.75, 3.05) is 6.54 Å². The van der Waals surface area contributed by atoms with Crippen LogP contribution in [0.15, 0.2) is 10.9 Å². The minimum absolute atomic E-state index is 0.189. The Labute approximate surface area is 71.5 Å². The van der Waals surface area contributed by atoms with Crippen molar-refractivity contribution in [3.63, 3.8) is 0 Å². The van der Waals surface area contributed by atoms with Gasteiger partial charge in [0.25, 0.3) is 0 Å². The average Bonchev–Trinajstić information content (AvgIpc) is 2.39. The highest BCUT2D eigenvalue weighted by Crippen LogP contribution is 2.19. The van der Waals surface area contributed by atoms with Gasteiger partial charge in [0.1, 0.15) is 0 Å². The molecule has 0 radical (unpaired) electrons. The normalized spacial score (nSPS) is 11.9. The number of nitrogens with two attached hydrogens (primary N) is 1. The Kier molecular flexibility index (Phi) is 2.62. The van der Waals surface area contributed by atoms with E-state index >= 15 is 0 Å². The molecule has 62 valence electrons. The first-order chi connectivity index (χ1) is 5.14. The summed E-state index contributed by atoms with van der Waals surface area (Å²) < 4.78 is 0. The highest BCUT2D eigenvalue weighted by Gasteiger charge is 2.16. The van der Waals surface area contributed by atoms with Crippen LogP contribution < -0.4 is 5.73 Å². The predicted molar refractivity (Wildman–Crippen MR) is 48.7 cm³/mol. The van der Waals surface area contributed by atoms with E-state index in [1.54, 1.807) is 11.3 Å². The minimum Gasteiger partial charge on any atom is -0.330 e. The number of hydrogen-bond donors (Lipinski definition) is 1. The van der Waals surface area contributed by atoms with Gasteiger partial charge in [0.15, 0.2) is 0 Å². The van der Waals surface area contributed by atoms with Gasteiger partial charge >= 0.3 is 0 Å². The van der Waals surface area contributed by atoms with Crippen molar-refractivity contribution in [2.45, 2.75) is 20.3 Å². The molecule has 0 bridgehead atoms. The van der Waals surface area contributed by atoms with E-state index < -0.39 is 0 Å². The van der Waals surface area contributed by atoms with Crippen LogP contribution in [-0.4, -0.2) is 11.5 Å². The fourth-order valence-corrected chi connectivity index (χ4v) is 1.45. The zero-order valence-electron chi connectivity index (χ0n) is 7.00. The number of rotatable bonds is 3. The first-order valence-electron chi connectivity index (χ1n) is 3.71. The third-order valence-electron chi connectivity index (χ3n) is 1.70. The molecule has 3 heteroatoms. The van der Waals surface area contributed by atoms with Crippen LogP contribution in [0.25, 0.3) is 0 Å². The maximum absolute atomic E-state index is 5.60. The molecule has 2 N–H and O–H groups in total. The second-order valence-corrected chi connectivity index (χ2v) is 4.24. The Morgan fingerprint density at radius 2 is 2.36 bits per heavy atom. The minimum atomic E-state index is 0.189. The van der Waals surface area contributed by atoms with Crippen molar-refractivity contribution in [1.82, 2.24) is 4.98 Å². The molecule has 0 saturated heterocycles. The van der Waals surface area contributed by atoms with Gasteiger partial charge in [-0.15, -0.1) is 11.3 Å². The third kappa shape index (κ3) is 2.60. The summed E-state index contributed by atoms with van der Waals surface area (Å²) in [6.45, 7) is 5.03. The Bertz CT molecular complexity index is 204. The van der Waals surface area contributed by atoms with Gasteiger partial charge in [-0.2, -0.15) is 0 Å². The van der Waals surface area contributed by atoms with Gasteiger partial charge in [-0.3, -0.25) is 0 Å². The summed E-state index contributed by atoms with van der Waals surface area (Å²) in [7, 11) is 0. The SMILES string of the molecule is CC(C)(CN)Cc1cscn1. The number of aromatic nitrogens is 1. The topological polar surface area (TPSA) is 38.9 Å². The standard InChI is InChI=1S/C8H14N2S/c1-8(2,5-9)3-7-4-11-6-10-7/h4,6H,3,5,9H2,1-2H3. The smallest absolute Gasteiger partial charge is 0.0794 e. The van der Waals surface area contributed by atoms with Crippen LogP contribution in [0.5, 0.6) is 0 Å². The van der Waals surface area contributed by atoms with Gasteiger partial charge in [-0.1, -0.05) is 13.8 Å². The van der Waals surface area contributed by atoms with Crippen LogP contribution in [-0.2, 0) is 6.42 Å². The highest BCUT2D eigenvalue weighted by atomic mass is 32.1. The number of nitrogens with zero attached hydrogens (tertiary/aromatic N) is 1. The van der Waals surface area contributed by atoms with Crippen LogP contribution in [0.1, 0.15) is 19.5 Å². The van der Waals surface area contributed by atoms with Crippen LogP contribution in [0, 0.1) is 5.41 Å². The lowest BCUT2D eigenvalue weighted by molar-refractivity contribution is 0.373. The first-order valence-corrected chi connectivity index (χ1v) is 4.65. The van der Waals surface area contributed by atoms with Crippen LogP contribution in [0.3, 0.4) is 0 Å². The lowest BCUT2D eigenvalue weighted by Gasteiger charge is -2.20. The molecule has 0 spiro atoms. The summed E-state index contributed by atoms with van der Waals surface area (Å²) >= 11 is 1.64. The molecule has 0 saturated carbocycles. The quantitative estimate of drug-likeness (QED) is 0.749. The molecule has 0 aliphatic rings. The van der Waals surface area contributed by atoms with Gasteiger partial charge in [0.2, 0.25) is 0 Å². The molecule has 0 unspecified atom stereocenters. The summed E-state index contributed by atoms with van der Waals surface area (Å²) in [5, 5.41) is 2.08. The van der Waals surface area contributed by atoms with Crippen molar-refractivity contribution >= 4 is 11.3 Å². The highest BCUT2D eigenvalue weighted by molar-refractivity contribution is 7.07. The van der Waals surface area contributed by atoms with Crippen molar-refractivity contribution < 1.29 is 0 Å². The maximum Gasteiger partial charge on any atom is 0.0794 e. The van der Waals surface area contributed by atoms with E-state index in [1.807, 2.05) is 5.51 Å². The second kappa shape index (κ2) is 3.32. The Morgan fingerprint density at radius 1 is 1.64 bits per heavy atom. The molecule has 11 heavy (non-hydrogen) atoms. The summed E-state index contributed by atoms with van der Waals surface area (Å²) in [6.07, 6.45) is 0.979. The first kappa shape index (κ1) is 8.68. The van der Waals surface area contributed by atoms with Crippen molar-refractivity contribution in [3.05, 3.63) is 16.6 Å². The molecular formula is C8H14N2S. The van der Waals surface area contributed by atoms with Crippen LogP contribution >= 0.6 is 11.3 Å². The molecule has 1 rings (SSSR count). The third-order valence-corrected chi connectivity index (χ3v) is 2.33. The molecular weight excluding hydrogens is 156 g/mol. The molecule has 0 aliphatic carbocycles. The monoisotopic (exact) mass is 170 g/mol. The van der Waals surface area contributed by atoms with E-state index in [0.717, 1.165) is 12.1 Å². The second-order valence-electron chi connectivity index (χ2n) is 3.52. The fourth-order valence-electron chi connectivity index (χ4n) is 0.887. The average molecular weight is 170 g/mol. The summed E-state index contributed by atoms with van der Waals surface area (Å²) in [4.78, 5) is 4.21. The van der Waals surface area contributed by atoms with E-state index in [4.69, 9.17) is 5.73 Å². The van der Waals surface area contributed by atoms with E-state index in [0.29, 0.717) is 6.54 Å². The van der Waals surface area contributed by atoms with Gasteiger partial charge < -0.3 is 5.73 Å². The van der Waals surface area contributed by atoms with Crippen LogP contribution in [0.4, 0.5) is 0 Å². The van der Waals surface area contributed by atoms with E-state index in [2.05, 4.69) is 24.2 Å². The summed E-state index contributed by atoms with van der Waals surface area (Å²) in [5.41, 5.74) is 8.81. The van der Waals surface area contributed by atoms with E-state index in [-0.39, 0.29) is 5.41 Å². The zero-order valence-corrected chi connectivity index (χ0v) is 7.82. The molecule has 1 aromatic heterocycles. The molecule has 2 nitrogen and oxygen atoms in total. The summed E-state index contributed by atoms with van der Waals surface area (Å²) in [5.74, 6) is 0. The zero-order chi connectivity index (χ0) is 8.32. The lowest BCUT2D eigenvalue weighted by Crippen LogP contribution is -2.25. The van der Waals surface area contributed by atoms with Gasteiger partial charge in [0.05, 0.1) is 11.2 Å². The molecule has 0 amide bonds. The molecule has 1 heterocycles. The maximum atomic E-state index is 5.60. The molecule has 0 fully saturated rings. The van der Waals surface area contributed by atoms with Gasteiger partial charge in [0, 0.05) is 5.38 Å². The van der Waals surface area contributed by atoms with E-state index in [1.165, 1.54) is 0 Å². The Hall–Kier alpha value is -0.410. The van der Waals surface area contributed by atoms with E-state index in [9.17, 15) is 0 Å². The number of hydrogen-bond acceptors (Lipinski definition) is 3.